The summed E-state index contributed by atoms with van der Waals surface area (Å²) in [6.07, 6.45) is 5.94. The lowest BCUT2D eigenvalue weighted by molar-refractivity contribution is -0.131. The average Bonchev–Trinajstić information content (AvgIpc) is 2.97. The van der Waals surface area contributed by atoms with E-state index in [1.54, 1.807) is 0 Å². The number of fused-ring (bicyclic) bond motifs is 2. The molecule has 4 nitrogen and oxygen atoms in total. The SMILES string of the molecule is CCOC1CC(N)C1NC(=O)C1CC2CCC1C2. The Morgan fingerprint density at radius 2 is 2.17 bits per heavy atom. The summed E-state index contributed by atoms with van der Waals surface area (Å²) in [5, 5.41) is 3.14. The Kier molecular flexibility index (Phi) is 3.32. The average molecular weight is 252 g/mol. The van der Waals surface area contributed by atoms with Gasteiger partial charge in [-0.15, -0.1) is 0 Å². The monoisotopic (exact) mass is 252 g/mol. The van der Waals surface area contributed by atoms with Crippen LogP contribution in [-0.4, -0.2) is 30.7 Å². The number of hydrogen-bond acceptors (Lipinski definition) is 3. The zero-order valence-corrected chi connectivity index (χ0v) is 11.1. The van der Waals surface area contributed by atoms with Crippen molar-refractivity contribution < 1.29 is 9.53 Å². The van der Waals surface area contributed by atoms with Gasteiger partial charge in [-0.1, -0.05) is 6.42 Å². The molecule has 0 aromatic heterocycles. The predicted octanol–water partition coefficient (Wildman–Crippen LogP) is 1.04. The predicted molar refractivity (Wildman–Crippen MR) is 68.9 cm³/mol. The maximum absolute atomic E-state index is 12.3. The molecule has 3 aliphatic rings. The Balaban J connectivity index is 1.54. The highest BCUT2D eigenvalue weighted by Crippen LogP contribution is 2.48. The van der Waals surface area contributed by atoms with Crippen LogP contribution in [0.3, 0.4) is 0 Å². The van der Waals surface area contributed by atoms with Gasteiger partial charge in [-0.3, -0.25) is 4.79 Å². The minimum Gasteiger partial charge on any atom is -0.376 e. The smallest absolute Gasteiger partial charge is 0.223 e. The van der Waals surface area contributed by atoms with Crippen molar-refractivity contribution in [2.75, 3.05) is 6.61 Å². The van der Waals surface area contributed by atoms with Crippen molar-refractivity contribution in [2.24, 2.45) is 23.5 Å². The Labute approximate surface area is 109 Å². The topological polar surface area (TPSA) is 64.3 Å². The van der Waals surface area contributed by atoms with Gasteiger partial charge in [0.25, 0.3) is 0 Å². The van der Waals surface area contributed by atoms with Crippen LogP contribution in [0.5, 0.6) is 0 Å². The molecule has 0 aromatic carbocycles. The van der Waals surface area contributed by atoms with Gasteiger partial charge in [0, 0.05) is 18.6 Å². The first-order chi connectivity index (χ1) is 8.69. The van der Waals surface area contributed by atoms with Gasteiger partial charge < -0.3 is 15.8 Å². The van der Waals surface area contributed by atoms with Gasteiger partial charge in [-0.05, 0) is 44.4 Å². The molecule has 18 heavy (non-hydrogen) atoms. The number of hydrogen-bond donors (Lipinski definition) is 2. The second-order valence-corrected chi connectivity index (χ2v) is 6.21. The molecule has 6 unspecified atom stereocenters. The van der Waals surface area contributed by atoms with Crippen molar-refractivity contribution in [3.63, 3.8) is 0 Å². The van der Waals surface area contributed by atoms with E-state index in [0.29, 0.717) is 12.5 Å². The quantitative estimate of drug-likeness (QED) is 0.786. The van der Waals surface area contributed by atoms with E-state index in [-0.39, 0.29) is 30.0 Å². The van der Waals surface area contributed by atoms with E-state index in [2.05, 4.69) is 5.32 Å². The number of carbonyl (C=O) groups excluding carboxylic acids is 1. The van der Waals surface area contributed by atoms with Crippen LogP contribution in [0.4, 0.5) is 0 Å². The first-order valence-electron chi connectivity index (χ1n) is 7.36. The summed E-state index contributed by atoms with van der Waals surface area (Å²) < 4.78 is 5.59. The number of nitrogens with one attached hydrogen (secondary N) is 1. The van der Waals surface area contributed by atoms with Crippen LogP contribution in [0.2, 0.25) is 0 Å². The maximum Gasteiger partial charge on any atom is 0.223 e. The van der Waals surface area contributed by atoms with Gasteiger partial charge in [0.15, 0.2) is 0 Å². The van der Waals surface area contributed by atoms with E-state index >= 15 is 0 Å². The van der Waals surface area contributed by atoms with Crippen LogP contribution in [0.25, 0.3) is 0 Å². The van der Waals surface area contributed by atoms with E-state index in [4.69, 9.17) is 10.5 Å². The van der Waals surface area contributed by atoms with Crippen molar-refractivity contribution in [2.45, 2.75) is 57.2 Å². The molecule has 3 aliphatic carbocycles. The van der Waals surface area contributed by atoms with Crippen LogP contribution in [-0.2, 0) is 9.53 Å². The maximum atomic E-state index is 12.3. The fourth-order valence-corrected chi connectivity index (χ4v) is 4.06. The lowest BCUT2D eigenvalue weighted by Gasteiger charge is -2.43. The summed E-state index contributed by atoms with van der Waals surface area (Å²) in [7, 11) is 0. The molecular formula is C14H24N2O2. The van der Waals surface area contributed by atoms with Crippen LogP contribution in [0.1, 0.15) is 39.0 Å². The van der Waals surface area contributed by atoms with Gasteiger partial charge in [0.2, 0.25) is 5.91 Å². The molecule has 0 radical (unpaired) electrons. The standard InChI is InChI=1S/C14H24N2O2/c1-2-18-12-7-11(15)13(12)16-14(17)10-6-8-3-4-9(10)5-8/h8-13H,2-7,15H2,1H3,(H,16,17). The molecule has 0 heterocycles. The van der Waals surface area contributed by atoms with Crippen LogP contribution in [0.15, 0.2) is 0 Å². The number of ether oxygens (including phenoxy) is 1. The Bertz CT molecular complexity index is 332. The summed E-state index contributed by atoms with van der Waals surface area (Å²) in [5.41, 5.74) is 5.97. The van der Waals surface area contributed by atoms with Crippen molar-refractivity contribution in [3.8, 4) is 0 Å². The van der Waals surface area contributed by atoms with E-state index in [9.17, 15) is 4.79 Å². The number of carbonyl (C=O) groups is 1. The lowest BCUT2D eigenvalue weighted by Crippen LogP contribution is -2.65. The molecule has 1 amide bonds. The van der Waals surface area contributed by atoms with Crippen molar-refractivity contribution in [3.05, 3.63) is 0 Å². The molecule has 3 rings (SSSR count). The lowest BCUT2D eigenvalue weighted by atomic mass is 9.82. The summed E-state index contributed by atoms with van der Waals surface area (Å²) in [5.74, 6) is 1.92. The van der Waals surface area contributed by atoms with Crippen molar-refractivity contribution >= 4 is 5.91 Å². The Morgan fingerprint density at radius 3 is 2.72 bits per heavy atom. The van der Waals surface area contributed by atoms with E-state index in [1.807, 2.05) is 6.92 Å². The third-order valence-corrected chi connectivity index (χ3v) is 5.13. The van der Waals surface area contributed by atoms with Crippen LogP contribution in [0, 0.1) is 17.8 Å². The highest BCUT2D eigenvalue weighted by Gasteiger charge is 2.46. The molecule has 6 atom stereocenters. The van der Waals surface area contributed by atoms with Gasteiger partial charge in [-0.2, -0.15) is 0 Å². The summed E-state index contributed by atoms with van der Waals surface area (Å²) in [6.45, 7) is 2.68. The second kappa shape index (κ2) is 4.82. The van der Waals surface area contributed by atoms with Gasteiger partial charge in [0.05, 0.1) is 12.1 Å². The Morgan fingerprint density at radius 1 is 1.33 bits per heavy atom. The molecule has 0 spiro atoms. The van der Waals surface area contributed by atoms with Crippen LogP contribution >= 0.6 is 0 Å². The molecule has 2 bridgehead atoms. The molecule has 3 N–H and O–H groups in total. The first kappa shape index (κ1) is 12.4. The molecule has 0 saturated heterocycles. The molecular weight excluding hydrogens is 228 g/mol. The van der Waals surface area contributed by atoms with Gasteiger partial charge >= 0.3 is 0 Å². The zero-order valence-electron chi connectivity index (χ0n) is 11.1. The summed E-state index contributed by atoms with van der Waals surface area (Å²) in [6, 6.07) is 0.112. The van der Waals surface area contributed by atoms with Crippen molar-refractivity contribution in [1.29, 1.82) is 0 Å². The molecule has 3 saturated carbocycles. The number of rotatable bonds is 4. The molecule has 4 heteroatoms. The fraction of sp³-hybridized carbons (Fsp3) is 0.929. The van der Waals surface area contributed by atoms with Gasteiger partial charge in [0.1, 0.15) is 0 Å². The third-order valence-electron chi connectivity index (χ3n) is 5.13. The number of amides is 1. The van der Waals surface area contributed by atoms with E-state index in [1.165, 1.54) is 19.3 Å². The first-order valence-corrected chi connectivity index (χ1v) is 7.36. The number of nitrogens with two attached hydrogens (primary N) is 1. The highest BCUT2D eigenvalue weighted by atomic mass is 16.5. The molecule has 3 fully saturated rings. The van der Waals surface area contributed by atoms with E-state index < -0.39 is 0 Å². The zero-order chi connectivity index (χ0) is 12.7. The fourth-order valence-electron chi connectivity index (χ4n) is 4.06. The molecule has 0 aromatic rings. The second-order valence-electron chi connectivity index (χ2n) is 6.21. The molecule has 0 aliphatic heterocycles. The highest BCUT2D eigenvalue weighted by molar-refractivity contribution is 5.80. The Hall–Kier alpha value is -0.610. The largest absolute Gasteiger partial charge is 0.376 e. The van der Waals surface area contributed by atoms with E-state index in [0.717, 1.165) is 18.8 Å². The normalized spacial score (nSPS) is 45.9. The minimum atomic E-state index is 0.0385. The summed E-state index contributed by atoms with van der Waals surface area (Å²) in [4.78, 5) is 12.3. The minimum absolute atomic E-state index is 0.0385. The third kappa shape index (κ3) is 2.05. The van der Waals surface area contributed by atoms with Gasteiger partial charge in [-0.25, -0.2) is 0 Å². The molecule has 102 valence electrons. The van der Waals surface area contributed by atoms with Crippen LogP contribution < -0.4 is 11.1 Å². The van der Waals surface area contributed by atoms with Crippen molar-refractivity contribution in [1.82, 2.24) is 5.32 Å². The summed E-state index contributed by atoms with van der Waals surface area (Å²) >= 11 is 0.